The summed E-state index contributed by atoms with van der Waals surface area (Å²) in [6.45, 7) is 1.44. The number of halogens is 3. The summed E-state index contributed by atoms with van der Waals surface area (Å²) in [5.41, 5.74) is 5.00. The van der Waals surface area contributed by atoms with Crippen molar-refractivity contribution in [1.29, 1.82) is 0 Å². The number of alkyl halides is 3. The summed E-state index contributed by atoms with van der Waals surface area (Å²) in [6.07, 6.45) is -4.67. The summed E-state index contributed by atoms with van der Waals surface area (Å²) in [6, 6.07) is 8.42. The van der Waals surface area contributed by atoms with E-state index in [9.17, 15) is 18.0 Å². The SMILES string of the molecule is CC(N)(C(=O)Nc1n[nH]c(C(F)(F)F)n1)c1ccccc1. The molecule has 0 saturated heterocycles. The molecule has 1 unspecified atom stereocenters. The zero-order valence-corrected chi connectivity index (χ0v) is 10.9. The van der Waals surface area contributed by atoms with Crippen molar-refractivity contribution < 1.29 is 18.0 Å². The number of hydrogen-bond donors (Lipinski definition) is 3. The van der Waals surface area contributed by atoms with Crippen LogP contribution in [0.15, 0.2) is 30.3 Å². The molecule has 112 valence electrons. The van der Waals surface area contributed by atoms with Crippen molar-refractivity contribution in [3.05, 3.63) is 41.7 Å². The number of hydrogen-bond acceptors (Lipinski definition) is 4. The molecule has 4 N–H and O–H groups in total. The summed E-state index contributed by atoms with van der Waals surface area (Å²) in [5.74, 6) is -2.50. The minimum Gasteiger partial charge on any atom is -0.314 e. The molecule has 1 aromatic heterocycles. The van der Waals surface area contributed by atoms with Crippen LogP contribution >= 0.6 is 0 Å². The molecule has 21 heavy (non-hydrogen) atoms. The number of nitrogens with one attached hydrogen (secondary N) is 2. The van der Waals surface area contributed by atoms with Crippen molar-refractivity contribution >= 4 is 11.9 Å². The maximum atomic E-state index is 12.4. The largest absolute Gasteiger partial charge is 0.451 e. The highest BCUT2D eigenvalue weighted by Crippen LogP contribution is 2.26. The Labute approximate surface area is 117 Å². The summed E-state index contributed by atoms with van der Waals surface area (Å²) >= 11 is 0. The number of rotatable bonds is 3. The maximum Gasteiger partial charge on any atom is 0.451 e. The van der Waals surface area contributed by atoms with Crippen molar-refractivity contribution in [2.24, 2.45) is 5.73 Å². The average Bonchev–Trinajstić information content (AvgIpc) is 2.88. The summed E-state index contributed by atoms with van der Waals surface area (Å²) in [5, 5.41) is 7.14. The van der Waals surface area contributed by atoms with Gasteiger partial charge in [-0.3, -0.25) is 15.2 Å². The van der Waals surface area contributed by atoms with Gasteiger partial charge in [0.05, 0.1) is 0 Å². The van der Waals surface area contributed by atoms with Gasteiger partial charge in [0.15, 0.2) is 0 Å². The third-order valence-electron chi connectivity index (χ3n) is 2.82. The normalized spacial score (nSPS) is 14.5. The van der Waals surface area contributed by atoms with E-state index in [1.165, 1.54) is 6.92 Å². The van der Waals surface area contributed by atoms with Gasteiger partial charge in [0.2, 0.25) is 11.8 Å². The smallest absolute Gasteiger partial charge is 0.314 e. The lowest BCUT2D eigenvalue weighted by molar-refractivity contribution is -0.144. The van der Waals surface area contributed by atoms with Crippen molar-refractivity contribution in [2.75, 3.05) is 5.32 Å². The second-order valence-corrected chi connectivity index (χ2v) is 4.53. The molecule has 6 nitrogen and oxygen atoms in total. The number of benzene rings is 1. The lowest BCUT2D eigenvalue weighted by Crippen LogP contribution is -2.45. The quantitative estimate of drug-likeness (QED) is 0.802. The molecular formula is C12H12F3N5O. The van der Waals surface area contributed by atoms with Gasteiger partial charge in [0.25, 0.3) is 5.91 Å². The van der Waals surface area contributed by atoms with E-state index in [1.807, 2.05) is 0 Å². The van der Waals surface area contributed by atoms with E-state index in [4.69, 9.17) is 5.73 Å². The fraction of sp³-hybridized carbons (Fsp3) is 0.250. The predicted molar refractivity (Wildman–Crippen MR) is 68.0 cm³/mol. The fourth-order valence-corrected chi connectivity index (χ4v) is 1.59. The summed E-state index contributed by atoms with van der Waals surface area (Å²) in [7, 11) is 0. The first kappa shape index (κ1) is 15.0. The van der Waals surface area contributed by atoms with Crippen LogP contribution in [-0.4, -0.2) is 21.1 Å². The highest BCUT2D eigenvalue weighted by Gasteiger charge is 2.36. The fourth-order valence-electron chi connectivity index (χ4n) is 1.59. The standard InChI is InChI=1S/C12H12F3N5O/c1-11(16,7-5-3-2-4-6-7)9(21)18-10-17-8(19-20-10)12(13,14)15/h2-6H,16H2,1H3,(H2,17,18,19,20,21). The molecule has 0 saturated carbocycles. The van der Waals surface area contributed by atoms with Gasteiger partial charge in [-0.25, -0.2) is 0 Å². The molecule has 1 heterocycles. The van der Waals surface area contributed by atoms with Crippen LogP contribution in [-0.2, 0) is 16.5 Å². The molecule has 1 atom stereocenters. The molecular weight excluding hydrogens is 287 g/mol. The number of aromatic amines is 1. The number of nitrogens with two attached hydrogens (primary N) is 1. The van der Waals surface area contributed by atoms with Crippen LogP contribution in [0.5, 0.6) is 0 Å². The van der Waals surface area contributed by atoms with E-state index in [0.29, 0.717) is 5.56 Å². The maximum absolute atomic E-state index is 12.4. The van der Waals surface area contributed by atoms with E-state index in [-0.39, 0.29) is 0 Å². The third kappa shape index (κ3) is 3.19. The molecule has 0 radical (unpaired) electrons. The van der Waals surface area contributed by atoms with Gasteiger partial charge in [-0.05, 0) is 12.5 Å². The Bertz CT molecular complexity index is 636. The lowest BCUT2D eigenvalue weighted by Gasteiger charge is -2.23. The van der Waals surface area contributed by atoms with Gasteiger partial charge in [-0.15, -0.1) is 5.10 Å². The third-order valence-corrected chi connectivity index (χ3v) is 2.82. The molecule has 1 amide bonds. The number of carbonyl (C=O) groups is 1. The number of nitrogens with zero attached hydrogens (tertiary/aromatic N) is 2. The summed E-state index contributed by atoms with van der Waals surface area (Å²) in [4.78, 5) is 15.2. The van der Waals surface area contributed by atoms with Crippen molar-refractivity contribution in [2.45, 2.75) is 18.6 Å². The number of anilines is 1. The number of H-pyrrole nitrogens is 1. The molecule has 2 aromatic rings. The van der Waals surface area contributed by atoms with Crippen molar-refractivity contribution in [3.63, 3.8) is 0 Å². The van der Waals surface area contributed by atoms with E-state index in [2.05, 4.69) is 15.4 Å². The highest BCUT2D eigenvalue weighted by molar-refractivity contribution is 5.97. The predicted octanol–water partition coefficient (Wildman–Crippen LogP) is 1.64. The van der Waals surface area contributed by atoms with Gasteiger partial charge < -0.3 is 5.73 Å². The average molecular weight is 299 g/mol. The Kier molecular flexibility index (Phi) is 3.69. The zero-order valence-electron chi connectivity index (χ0n) is 10.9. The minimum absolute atomic E-state index is 0.486. The Balaban J connectivity index is 2.16. The van der Waals surface area contributed by atoms with E-state index >= 15 is 0 Å². The van der Waals surface area contributed by atoms with Crippen LogP contribution < -0.4 is 11.1 Å². The molecule has 0 aliphatic rings. The monoisotopic (exact) mass is 299 g/mol. The lowest BCUT2D eigenvalue weighted by atomic mass is 9.92. The number of carbonyl (C=O) groups excluding carboxylic acids is 1. The van der Waals surface area contributed by atoms with E-state index in [0.717, 1.165) is 0 Å². The van der Waals surface area contributed by atoms with Crippen LogP contribution in [0.1, 0.15) is 18.3 Å². The first-order valence-electron chi connectivity index (χ1n) is 5.86. The van der Waals surface area contributed by atoms with Crippen molar-refractivity contribution in [3.8, 4) is 0 Å². The van der Waals surface area contributed by atoms with Crippen molar-refractivity contribution in [1.82, 2.24) is 15.2 Å². The molecule has 2 rings (SSSR count). The minimum atomic E-state index is -4.67. The number of aromatic nitrogens is 3. The molecule has 0 spiro atoms. The second-order valence-electron chi connectivity index (χ2n) is 4.53. The summed E-state index contributed by atoms with van der Waals surface area (Å²) < 4.78 is 37.1. The molecule has 0 fully saturated rings. The van der Waals surface area contributed by atoms with Crippen LogP contribution in [0.4, 0.5) is 19.1 Å². The van der Waals surface area contributed by atoms with Gasteiger partial charge >= 0.3 is 6.18 Å². The van der Waals surface area contributed by atoms with E-state index < -0.39 is 29.4 Å². The molecule has 1 aromatic carbocycles. The van der Waals surface area contributed by atoms with Crippen LogP contribution in [0.3, 0.4) is 0 Å². The van der Waals surface area contributed by atoms with Gasteiger partial charge in [-0.1, -0.05) is 30.3 Å². The molecule has 0 bridgehead atoms. The number of amides is 1. The van der Waals surface area contributed by atoms with Gasteiger partial charge in [-0.2, -0.15) is 18.2 Å². The highest BCUT2D eigenvalue weighted by atomic mass is 19.4. The Morgan fingerprint density at radius 3 is 2.43 bits per heavy atom. The first-order chi connectivity index (χ1) is 9.71. The van der Waals surface area contributed by atoms with Gasteiger partial charge in [0, 0.05) is 0 Å². The molecule has 9 heteroatoms. The first-order valence-corrected chi connectivity index (χ1v) is 5.86. The van der Waals surface area contributed by atoms with E-state index in [1.54, 1.807) is 35.4 Å². The van der Waals surface area contributed by atoms with Crippen LogP contribution in [0.2, 0.25) is 0 Å². The Hall–Kier alpha value is -2.42. The zero-order chi connectivity index (χ0) is 15.7. The topological polar surface area (TPSA) is 96.7 Å². The van der Waals surface area contributed by atoms with Crippen LogP contribution in [0.25, 0.3) is 0 Å². The Morgan fingerprint density at radius 2 is 1.90 bits per heavy atom. The second kappa shape index (κ2) is 5.17. The Morgan fingerprint density at radius 1 is 1.29 bits per heavy atom. The van der Waals surface area contributed by atoms with Gasteiger partial charge in [0.1, 0.15) is 5.54 Å². The van der Waals surface area contributed by atoms with Crippen LogP contribution in [0, 0.1) is 0 Å². The molecule has 0 aliphatic carbocycles. The molecule has 0 aliphatic heterocycles.